The number of ether oxygens (including phenoxy) is 1. The van der Waals surface area contributed by atoms with Crippen molar-refractivity contribution in [2.24, 2.45) is 0 Å². The van der Waals surface area contributed by atoms with Crippen molar-refractivity contribution in [3.63, 3.8) is 0 Å². The molecule has 0 aliphatic rings. The molecule has 0 saturated heterocycles. The van der Waals surface area contributed by atoms with E-state index < -0.39 is 0 Å². The van der Waals surface area contributed by atoms with Crippen LogP contribution in [0.3, 0.4) is 0 Å². The van der Waals surface area contributed by atoms with E-state index in [1.54, 1.807) is 44.6 Å². The van der Waals surface area contributed by atoms with E-state index >= 15 is 0 Å². The molecule has 0 spiro atoms. The summed E-state index contributed by atoms with van der Waals surface area (Å²) in [7, 11) is 3.44. The smallest absolute Gasteiger partial charge is 0.253 e. The molecule has 0 radical (unpaired) electrons. The van der Waals surface area contributed by atoms with Gasteiger partial charge in [-0.05, 0) is 42.8 Å². The Kier molecular flexibility index (Phi) is 6.49. The maximum Gasteiger partial charge on any atom is 0.253 e. The van der Waals surface area contributed by atoms with Gasteiger partial charge in [-0.1, -0.05) is 12.1 Å². The number of hydrogen-bond acceptors (Lipinski definition) is 4. The summed E-state index contributed by atoms with van der Waals surface area (Å²) < 4.78 is 20.5. The zero-order valence-electron chi connectivity index (χ0n) is 16.9. The molecule has 3 rings (SSSR count). The second-order valence-electron chi connectivity index (χ2n) is 6.87. The Balaban J connectivity index is 1.67. The minimum Gasteiger partial charge on any atom is -0.492 e. The van der Waals surface area contributed by atoms with E-state index in [2.05, 4.69) is 10.4 Å². The Morgan fingerprint density at radius 3 is 2.62 bits per heavy atom. The third-order valence-electron chi connectivity index (χ3n) is 4.36. The Morgan fingerprint density at radius 1 is 1.17 bits per heavy atom. The van der Waals surface area contributed by atoms with Gasteiger partial charge in [0.25, 0.3) is 5.91 Å². The zero-order chi connectivity index (χ0) is 20.8. The lowest BCUT2D eigenvalue weighted by Gasteiger charge is -2.15. The average molecular weight is 396 g/mol. The largest absolute Gasteiger partial charge is 0.492 e. The molecule has 0 unspecified atom stereocenters. The molecule has 0 aliphatic heterocycles. The zero-order valence-corrected chi connectivity index (χ0v) is 16.9. The number of hydrogen-bond donors (Lipinski definition) is 1. The number of halogens is 1. The van der Waals surface area contributed by atoms with E-state index in [9.17, 15) is 9.18 Å². The maximum atomic E-state index is 13.0. The van der Waals surface area contributed by atoms with Gasteiger partial charge >= 0.3 is 0 Å². The molecule has 1 aromatic heterocycles. The Hall–Kier alpha value is -3.35. The molecule has 2 aromatic carbocycles. The van der Waals surface area contributed by atoms with Crippen molar-refractivity contribution in [1.82, 2.24) is 14.7 Å². The first kappa shape index (κ1) is 20.4. The monoisotopic (exact) mass is 396 g/mol. The lowest BCUT2D eigenvalue weighted by molar-refractivity contribution is 0.0827. The highest BCUT2D eigenvalue weighted by atomic mass is 19.1. The Labute approximate surface area is 169 Å². The van der Waals surface area contributed by atoms with Crippen molar-refractivity contribution < 1.29 is 13.9 Å². The van der Waals surface area contributed by atoms with Crippen LogP contribution in [0.15, 0.2) is 54.9 Å². The number of anilines is 1. The minimum absolute atomic E-state index is 0.0698. The predicted molar refractivity (Wildman–Crippen MR) is 111 cm³/mol. The van der Waals surface area contributed by atoms with Crippen molar-refractivity contribution >= 4 is 11.6 Å². The van der Waals surface area contributed by atoms with Crippen LogP contribution in [-0.2, 0) is 13.1 Å². The maximum absolute atomic E-state index is 13.0. The first-order chi connectivity index (χ1) is 14.0. The van der Waals surface area contributed by atoms with Crippen molar-refractivity contribution in [3.8, 4) is 5.75 Å². The van der Waals surface area contributed by atoms with Gasteiger partial charge in [0, 0.05) is 38.0 Å². The predicted octanol–water partition coefficient (Wildman–Crippen LogP) is 3.78. The lowest BCUT2D eigenvalue weighted by atomic mass is 10.1. The molecule has 3 aromatic rings. The van der Waals surface area contributed by atoms with Crippen LogP contribution in [0.5, 0.6) is 5.75 Å². The van der Waals surface area contributed by atoms with Gasteiger partial charge in [0.05, 0.1) is 25.0 Å². The second-order valence-corrected chi connectivity index (χ2v) is 6.87. The molecule has 1 N–H and O–H groups in total. The number of rotatable bonds is 8. The number of benzene rings is 2. The number of nitrogens with one attached hydrogen (secondary N) is 1. The Bertz CT molecular complexity index is 967. The third-order valence-corrected chi connectivity index (χ3v) is 4.36. The van der Waals surface area contributed by atoms with Gasteiger partial charge in [-0.15, -0.1) is 0 Å². The standard InChI is InChI=1S/C22H25FN4O2/c1-4-29-21-11-18(22(28)26(2)3)7-10-20(21)24-12-17-13-25-27(15-17)14-16-5-8-19(23)9-6-16/h5-11,13,15,24H,4,12,14H2,1-3H3. The summed E-state index contributed by atoms with van der Waals surface area (Å²) in [6.45, 7) is 3.55. The number of carbonyl (C=O) groups is 1. The molecule has 29 heavy (non-hydrogen) atoms. The van der Waals surface area contributed by atoms with Crippen LogP contribution in [0.25, 0.3) is 0 Å². The molecule has 6 nitrogen and oxygen atoms in total. The summed E-state index contributed by atoms with van der Waals surface area (Å²) in [5.41, 5.74) is 3.38. The highest BCUT2D eigenvalue weighted by Crippen LogP contribution is 2.27. The van der Waals surface area contributed by atoms with Crippen LogP contribution in [0, 0.1) is 5.82 Å². The SMILES string of the molecule is CCOc1cc(C(=O)N(C)C)ccc1NCc1cnn(Cc2ccc(F)cc2)c1. The van der Waals surface area contributed by atoms with Crippen LogP contribution in [0.4, 0.5) is 10.1 Å². The second kappa shape index (κ2) is 9.23. The molecule has 0 atom stereocenters. The molecule has 7 heteroatoms. The van der Waals surface area contributed by atoms with E-state index in [0.717, 1.165) is 16.8 Å². The third kappa shape index (κ3) is 5.34. The van der Waals surface area contributed by atoms with E-state index in [4.69, 9.17) is 4.74 Å². The topological polar surface area (TPSA) is 59.4 Å². The molecular weight excluding hydrogens is 371 g/mol. The van der Waals surface area contributed by atoms with Crippen LogP contribution in [0.1, 0.15) is 28.4 Å². The molecule has 1 heterocycles. The minimum atomic E-state index is -0.248. The van der Waals surface area contributed by atoms with Gasteiger partial charge in [-0.3, -0.25) is 9.48 Å². The fourth-order valence-corrected chi connectivity index (χ4v) is 2.89. The molecule has 0 bridgehead atoms. The first-order valence-corrected chi connectivity index (χ1v) is 9.44. The van der Waals surface area contributed by atoms with Gasteiger partial charge in [-0.25, -0.2) is 4.39 Å². The summed E-state index contributed by atoms with van der Waals surface area (Å²) in [5.74, 6) is 0.320. The summed E-state index contributed by atoms with van der Waals surface area (Å²) >= 11 is 0. The van der Waals surface area contributed by atoms with Crippen molar-refractivity contribution in [2.75, 3.05) is 26.0 Å². The fourth-order valence-electron chi connectivity index (χ4n) is 2.89. The normalized spacial score (nSPS) is 10.6. The molecule has 152 valence electrons. The van der Waals surface area contributed by atoms with Gasteiger partial charge in [0.15, 0.2) is 0 Å². The van der Waals surface area contributed by atoms with Crippen LogP contribution in [-0.4, -0.2) is 41.3 Å². The van der Waals surface area contributed by atoms with Crippen molar-refractivity contribution in [2.45, 2.75) is 20.0 Å². The van der Waals surface area contributed by atoms with E-state index in [-0.39, 0.29) is 11.7 Å². The van der Waals surface area contributed by atoms with Crippen LogP contribution < -0.4 is 10.1 Å². The average Bonchev–Trinajstić information content (AvgIpc) is 3.15. The summed E-state index contributed by atoms with van der Waals surface area (Å²) in [6.07, 6.45) is 3.74. The number of aromatic nitrogens is 2. The van der Waals surface area contributed by atoms with Gasteiger partial charge in [0.2, 0.25) is 0 Å². The van der Waals surface area contributed by atoms with Gasteiger partial charge < -0.3 is 15.0 Å². The molecule has 0 saturated carbocycles. The van der Waals surface area contributed by atoms with Crippen LogP contribution >= 0.6 is 0 Å². The van der Waals surface area contributed by atoms with E-state index in [1.807, 2.05) is 23.9 Å². The number of carbonyl (C=O) groups excluding carboxylic acids is 1. The van der Waals surface area contributed by atoms with E-state index in [0.29, 0.717) is 31.0 Å². The summed E-state index contributed by atoms with van der Waals surface area (Å²) in [4.78, 5) is 13.7. The van der Waals surface area contributed by atoms with Gasteiger partial charge in [0.1, 0.15) is 11.6 Å². The van der Waals surface area contributed by atoms with Crippen LogP contribution in [0.2, 0.25) is 0 Å². The fraction of sp³-hybridized carbons (Fsp3) is 0.273. The highest BCUT2D eigenvalue weighted by Gasteiger charge is 2.12. The lowest BCUT2D eigenvalue weighted by Crippen LogP contribution is -2.21. The van der Waals surface area contributed by atoms with Gasteiger partial charge in [-0.2, -0.15) is 5.10 Å². The molecule has 0 fully saturated rings. The van der Waals surface area contributed by atoms with Crippen molar-refractivity contribution in [3.05, 3.63) is 77.4 Å². The summed E-state index contributed by atoms with van der Waals surface area (Å²) in [5, 5.41) is 7.70. The number of nitrogens with zero attached hydrogens (tertiary/aromatic N) is 3. The summed E-state index contributed by atoms with van der Waals surface area (Å²) in [6, 6.07) is 11.8. The molecule has 0 aliphatic carbocycles. The highest BCUT2D eigenvalue weighted by molar-refractivity contribution is 5.95. The molecule has 1 amide bonds. The van der Waals surface area contributed by atoms with E-state index in [1.165, 1.54) is 17.0 Å². The quantitative estimate of drug-likeness (QED) is 0.630. The molecular formula is C22H25FN4O2. The van der Waals surface area contributed by atoms with Crippen molar-refractivity contribution in [1.29, 1.82) is 0 Å². The number of amides is 1. The first-order valence-electron chi connectivity index (χ1n) is 9.44. The Morgan fingerprint density at radius 2 is 1.93 bits per heavy atom.